The van der Waals surface area contributed by atoms with Crippen LogP contribution in [-0.2, 0) is 6.42 Å². The lowest BCUT2D eigenvalue weighted by Gasteiger charge is -2.01. The van der Waals surface area contributed by atoms with Gasteiger partial charge in [-0.1, -0.05) is 13.3 Å². The van der Waals surface area contributed by atoms with Gasteiger partial charge in [-0.2, -0.15) is 0 Å². The van der Waals surface area contributed by atoms with Gasteiger partial charge in [0, 0.05) is 6.20 Å². The Labute approximate surface area is 66.6 Å². The Morgan fingerprint density at radius 1 is 1.64 bits per heavy atom. The summed E-state index contributed by atoms with van der Waals surface area (Å²) in [6.45, 7) is 2.15. The summed E-state index contributed by atoms with van der Waals surface area (Å²) in [5.41, 5.74) is 3.79. The van der Waals surface area contributed by atoms with Crippen molar-refractivity contribution in [3.05, 3.63) is 23.9 Å². The molecule has 1 aromatic rings. The van der Waals surface area contributed by atoms with E-state index in [9.17, 15) is 0 Å². The van der Waals surface area contributed by atoms with E-state index in [1.165, 1.54) is 5.56 Å². The van der Waals surface area contributed by atoms with Gasteiger partial charge < -0.3 is 5.43 Å². The molecule has 0 aliphatic rings. The number of aromatic nitrogens is 1. The van der Waals surface area contributed by atoms with Gasteiger partial charge >= 0.3 is 0 Å². The SMILES string of the molecule is CCCc1ccnc(NN)c1. The third kappa shape index (κ3) is 2.20. The molecule has 0 saturated carbocycles. The summed E-state index contributed by atoms with van der Waals surface area (Å²) in [5, 5.41) is 0. The van der Waals surface area contributed by atoms with E-state index in [1.54, 1.807) is 6.20 Å². The number of pyridine rings is 1. The molecular formula is C8H13N3. The predicted octanol–water partition coefficient (Wildman–Crippen LogP) is 1.32. The van der Waals surface area contributed by atoms with Gasteiger partial charge in [0.15, 0.2) is 0 Å². The summed E-state index contributed by atoms with van der Waals surface area (Å²) in [7, 11) is 0. The van der Waals surface area contributed by atoms with Crippen molar-refractivity contribution >= 4 is 5.82 Å². The number of rotatable bonds is 3. The monoisotopic (exact) mass is 151 g/mol. The maximum absolute atomic E-state index is 5.20. The number of nitrogen functional groups attached to an aromatic ring is 1. The van der Waals surface area contributed by atoms with E-state index < -0.39 is 0 Å². The summed E-state index contributed by atoms with van der Waals surface area (Å²) in [6, 6.07) is 3.97. The molecule has 60 valence electrons. The topological polar surface area (TPSA) is 50.9 Å². The minimum absolute atomic E-state index is 0.732. The van der Waals surface area contributed by atoms with Gasteiger partial charge in [0.2, 0.25) is 0 Å². The molecule has 3 nitrogen and oxygen atoms in total. The normalized spacial score (nSPS) is 9.64. The van der Waals surface area contributed by atoms with Gasteiger partial charge in [-0.15, -0.1) is 0 Å². The first-order valence-corrected chi connectivity index (χ1v) is 3.78. The molecular weight excluding hydrogens is 138 g/mol. The highest BCUT2D eigenvalue weighted by Crippen LogP contribution is 2.06. The second-order valence-corrected chi connectivity index (χ2v) is 2.44. The van der Waals surface area contributed by atoms with Gasteiger partial charge in [0.1, 0.15) is 5.82 Å². The minimum Gasteiger partial charge on any atom is -0.308 e. The molecule has 0 aliphatic carbocycles. The number of anilines is 1. The maximum atomic E-state index is 5.20. The van der Waals surface area contributed by atoms with Gasteiger partial charge in [-0.25, -0.2) is 10.8 Å². The number of hydrogen-bond acceptors (Lipinski definition) is 3. The third-order valence-electron chi connectivity index (χ3n) is 1.51. The molecule has 11 heavy (non-hydrogen) atoms. The van der Waals surface area contributed by atoms with Crippen LogP contribution >= 0.6 is 0 Å². The van der Waals surface area contributed by atoms with Crippen LogP contribution in [0.15, 0.2) is 18.3 Å². The van der Waals surface area contributed by atoms with Crippen LogP contribution in [0.3, 0.4) is 0 Å². The predicted molar refractivity (Wildman–Crippen MR) is 46.0 cm³/mol. The lowest BCUT2D eigenvalue weighted by molar-refractivity contribution is 0.918. The van der Waals surface area contributed by atoms with E-state index in [2.05, 4.69) is 17.3 Å². The summed E-state index contributed by atoms with van der Waals surface area (Å²) < 4.78 is 0. The second-order valence-electron chi connectivity index (χ2n) is 2.44. The van der Waals surface area contributed by atoms with Gasteiger partial charge in [-0.05, 0) is 24.1 Å². The van der Waals surface area contributed by atoms with E-state index in [0.29, 0.717) is 0 Å². The molecule has 0 aromatic carbocycles. The van der Waals surface area contributed by atoms with Crippen molar-refractivity contribution in [2.75, 3.05) is 5.43 Å². The summed E-state index contributed by atoms with van der Waals surface area (Å²) in [4.78, 5) is 4.00. The van der Waals surface area contributed by atoms with Crippen molar-refractivity contribution in [2.24, 2.45) is 5.84 Å². The highest BCUT2D eigenvalue weighted by molar-refractivity contribution is 5.35. The van der Waals surface area contributed by atoms with Crippen molar-refractivity contribution in [3.63, 3.8) is 0 Å². The molecule has 3 N–H and O–H groups in total. The number of nitrogens with zero attached hydrogens (tertiary/aromatic N) is 1. The van der Waals surface area contributed by atoms with E-state index >= 15 is 0 Å². The summed E-state index contributed by atoms with van der Waals surface area (Å²) in [5.74, 6) is 5.93. The van der Waals surface area contributed by atoms with Crippen molar-refractivity contribution in [1.82, 2.24) is 4.98 Å². The molecule has 0 amide bonds. The Balaban J connectivity index is 2.74. The van der Waals surface area contributed by atoms with E-state index in [4.69, 9.17) is 5.84 Å². The van der Waals surface area contributed by atoms with Crippen LogP contribution < -0.4 is 11.3 Å². The molecule has 0 spiro atoms. The number of nitrogens with two attached hydrogens (primary N) is 1. The van der Waals surface area contributed by atoms with Gasteiger partial charge in [0.25, 0.3) is 0 Å². The number of hydrogen-bond donors (Lipinski definition) is 2. The van der Waals surface area contributed by atoms with Crippen LogP contribution in [0, 0.1) is 0 Å². The molecule has 3 heteroatoms. The first kappa shape index (κ1) is 8.01. The molecule has 0 saturated heterocycles. The smallest absolute Gasteiger partial charge is 0.140 e. The van der Waals surface area contributed by atoms with Crippen molar-refractivity contribution in [2.45, 2.75) is 19.8 Å². The van der Waals surface area contributed by atoms with Crippen LogP contribution in [0.4, 0.5) is 5.82 Å². The van der Waals surface area contributed by atoms with Crippen LogP contribution in [0.1, 0.15) is 18.9 Å². The second kappa shape index (κ2) is 3.93. The van der Waals surface area contributed by atoms with Gasteiger partial charge in [0.05, 0.1) is 0 Å². The zero-order valence-electron chi connectivity index (χ0n) is 6.67. The maximum Gasteiger partial charge on any atom is 0.140 e. The zero-order chi connectivity index (χ0) is 8.10. The highest BCUT2D eigenvalue weighted by atomic mass is 15.2. The number of hydrazine groups is 1. The molecule has 0 unspecified atom stereocenters. The van der Waals surface area contributed by atoms with E-state index in [0.717, 1.165) is 18.7 Å². The zero-order valence-corrected chi connectivity index (χ0v) is 6.67. The fraction of sp³-hybridized carbons (Fsp3) is 0.375. The van der Waals surface area contributed by atoms with Gasteiger partial charge in [-0.3, -0.25) is 0 Å². The highest BCUT2D eigenvalue weighted by Gasteiger charge is 1.92. The van der Waals surface area contributed by atoms with Crippen LogP contribution in [0.2, 0.25) is 0 Å². The lowest BCUT2D eigenvalue weighted by Crippen LogP contribution is -2.08. The van der Waals surface area contributed by atoms with Crippen molar-refractivity contribution < 1.29 is 0 Å². The molecule has 1 heterocycles. The van der Waals surface area contributed by atoms with E-state index in [1.807, 2.05) is 12.1 Å². The van der Waals surface area contributed by atoms with Crippen LogP contribution in [-0.4, -0.2) is 4.98 Å². The Bertz CT molecular complexity index is 222. The van der Waals surface area contributed by atoms with Crippen LogP contribution in [0.5, 0.6) is 0 Å². The Morgan fingerprint density at radius 3 is 3.09 bits per heavy atom. The Kier molecular flexibility index (Phi) is 2.86. The lowest BCUT2D eigenvalue weighted by atomic mass is 10.1. The third-order valence-corrected chi connectivity index (χ3v) is 1.51. The first-order chi connectivity index (χ1) is 5.36. The molecule has 1 rings (SSSR count). The van der Waals surface area contributed by atoms with Crippen molar-refractivity contribution in [3.8, 4) is 0 Å². The number of nitrogens with one attached hydrogen (secondary N) is 1. The summed E-state index contributed by atoms with van der Waals surface area (Å²) >= 11 is 0. The fourth-order valence-electron chi connectivity index (χ4n) is 0.997. The summed E-state index contributed by atoms with van der Waals surface area (Å²) in [6.07, 6.45) is 3.99. The largest absolute Gasteiger partial charge is 0.308 e. The minimum atomic E-state index is 0.732. The molecule has 0 fully saturated rings. The molecule has 0 atom stereocenters. The van der Waals surface area contributed by atoms with E-state index in [-0.39, 0.29) is 0 Å². The molecule has 0 bridgehead atoms. The first-order valence-electron chi connectivity index (χ1n) is 3.78. The molecule has 0 aliphatic heterocycles. The average Bonchev–Trinajstić information content (AvgIpc) is 2.06. The fourth-order valence-corrected chi connectivity index (χ4v) is 0.997. The number of aryl methyl sites for hydroxylation is 1. The molecule has 0 radical (unpaired) electrons. The molecule has 1 aromatic heterocycles. The standard InChI is InChI=1S/C8H13N3/c1-2-3-7-4-5-10-8(6-7)11-9/h4-6H,2-3,9H2,1H3,(H,10,11). The quantitative estimate of drug-likeness (QED) is 0.506. The average molecular weight is 151 g/mol. The Morgan fingerprint density at radius 2 is 2.45 bits per heavy atom. The van der Waals surface area contributed by atoms with Crippen LogP contribution in [0.25, 0.3) is 0 Å². The van der Waals surface area contributed by atoms with Crippen molar-refractivity contribution in [1.29, 1.82) is 0 Å². The Hall–Kier alpha value is -1.09.